The van der Waals surface area contributed by atoms with Gasteiger partial charge in [0.15, 0.2) is 0 Å². The average molecular weight is 238 g/mol. The average Bonchev–Trinajstić information content (AvgIpc) is 2.75. The quantitative estimate of drug-likeness (QED) is 0.620. The van der Waals surface area contributed by atoms with E-state index in [-0.39, 0.29) is 0 Å². The zero-order chi connectivity index (χ0) is 12.5. The molecule has 98 valence electrons. The summed E-state index contributed by atoms with van der Waals surface area (Å²) in [5.74, 6) is 0. The molecule has 1 aliphatic rings. The summed E-state index contributed by atoms with van der Waals surface area (Å²) in [6, 6.07) is 0. The highest BCUT2D eigenvalue weighted by Gasteiger charge is 2.25. The maximum Gasteiger partial charge on any atom is 0.0707 e. The van der Waals surface area contributed by atoms with Crippen LogP contribution in [0, 0.1) is 0 Å². The monoisotopic (exact) mass is 238 g/mol. The van der Waals surface area contributed by atoms with E-state index in [2.05, 4.69) is 30.3 Å². The molecule has 1 N–H and O–H groups in total. The summed E-state index contributed by atoms with van der Waals surface area (Å²) >= 11 is 0. The second-order valence-corrected chi connectivity index (χ2v) is 4.56. The van der Waals surface area contributed by atoms with Crippen LogP contribution in [-0.2, 0) is 4.74 Å². The van der Waals surface area contributed by atoms with Gasteiger partial charge < -0.3 is 10.1 Å². The highest BCUT2D eigenvalue weighted by Crippen LogP contribution is 2.20. The van der Waals surface area contributed by atoms with E-state index in [9.17, 15) is 0 Å². The van der Waals surface area contributed by atoms with Crippen molar-refractivity contribution in [2.45, 2.75) is 32.0 Å². The number of nitrogens with one attached hydrogen (secondary N) is 1. The van der Waals surface area contributed by atoms with Gasteiger partial charge in [-0.2, -0.15) is 0 Å². The van der Waals surface area contributed by atoms with Crippen molar-refractivity contribution in [1.29, 1.82) is 0 Å². The predicted octanol–water partition coefficient (Wildman–Crippen LogP) is 1.82. The fourth-order valence-electron chi connectivity index (χ4n) is 2.25. The van der Waals surface area contributed by atoms with Gasteiger partial charge in [0.2, 0.25) is 0 Å². The minimum atomic E-state index is 0.374. The molecule has 0 spiro atoms. The third-order valence-electron chi connectivity index (χ3n) is 3.05. The van der Waals surface area contributed by atoms with Crippen LogP contribution in [0.1, 0.15) is 19.8 Å². The fourth-order valence-corrected chi connectivity index (χ4v) is 2.25. The molecular formula is C14H26N2O. The summed E-state index contributed by atoms with van der Waals surface area (Å²) in [6.07, 6.45) is 6.99. The van der Waals surface area contributed by atoms with E-state index in [0.29, 0.717) is 12.2 Å². The SMILES string of the molecule is C=CCN(CC=C)CC1CCC(CNCC)O1. The van der Waals surface area contributed by atoms with Gasteiger partial charge in [-0.1, -0.05) is 19.1 Å². The third-order valence-corrected chi connectivity index (χ3v) is 3.05. The van der Waals surface area contributed by atoms with E-state index in [4.69, 9.17) is 4.74 Å². The summed E-state index contributed by atoms with van der Waals surface area (Å²) in [7, 11) is 0. The number of hydrogen-bond acceptors (Lipinski definition) is 3. The van der Waals surface area contributed by atoms with Crippen LogP contribution < -0.4 is 5.32 Å². The molecule has 0 aromatic rings. The van der Waals surface area contributed by atoms with Crippen molar-refractivity contribution in [3.05, 3.63) is 25.3 Å². The largest absolute Gasteiger partial charge is 0.372 e. The molecule has 1 saturated heterocycles. The molecule has 1 aliphatic heterocycles. The molecule has 0 radical (unpaired) electrons. The Balaban J connectivity index is 2.26. The molecule has 0 amide bonds. The number of ether oxygens (including phenoxy) is 1. The lowest BCUT2D eigenvalue weighted by atomic mass is 10.2. The lowest BCUT2D eigenvalue weighted by Gasteiger charge is -2.23. The Morgan fingerprint density at radius 1 is 1.24 bits per heavy atom. The topological polar surface area (TPSA) is 24.5 Å². The first-order chi connectivity index (χ1) is 8.30. The summed E-state index contributed by atoms with van der Waals surface area (Å²) in [5, 5.41) is 3.34. The molecule has 0 aliphatic carbocycles. The minimum Gasteiger partial charge on any atom is -0.372 e. The van der Waals surface area contributed by atoms with Crippen LogP contribution in [0.25, 0.3) is 0 Å². The van der Waals surface area contributed by atoms with Crippen LogP contribution in [0.3, 0.4) is 0 Å². The second-order valence-electron chi connectivity index (χ2n) is 4.56. The Morgan fingerprint density at radius 3 is 2.47 bits per heavy atom. The normalized spacial score (nSPS) is 24.1. The van der Waals surface area contributed by atoms with E-state index < -0.39 is 0 Å². The molecule has 0 aromatic heterocycles. The van der Waals surface area contributed by atoms with Crippen molar-refractivity contribution < 1.29 is 4.74 Å². The molecule has 17 heavy (non-hydrogen) atoms. The van der Waals surface area contributed by atoms with Gasteiger partial charge in [-0.15, -0.1) is 13.2 Å². The Hall–Kier alpha value is -0.640. The molecule has 0 bridgehead atoms. The van der Waals surface area contributed by atoms with Crippen molar-refractivity contribution in [2.75, 3.05) is 32.7 Å². The summed E-state index contributed by atoms with van der Waals surface area (Å²) in [6.45, 7) is 14.5. The number of likely N-dealkylation sites (N-methyl/N-ethyl adjacent to an activating group) is 1. The standard InChI is InChI=1S/C14H26N2O/c1-4-9-16(10-5-2)12-14-8-7-13(17-14)11-15-6-3/h4-5,13-15H,1-2,6-12H2,3H3. The van der Waals surface area contributed by atoms with Gasteiger partial charge in [-0.25, -0.2) is 0 Å². The zero-order valence-corrected chi connectivity index (χ0v) is 11.0. The first-order valence-corrected chi connectivity index (χ1v) is 6.60. The van der Waals surface area contributed by atoms with Gasteiger partial charge >= 0.3 is 0 Å². The summed E-state index contributed by atoms with van der Waals surface area (Å²) < 4.78 is 6.01. The van der Waals surface area contributed by atoms with E-state index in [0.717, 1.165) is 32.7 Å². The van der Waals surface area contributed by atoms with Crippen molar-refractivity contribution in [2.24, 2.45) is 0 Å². The maximum absolute atomic E-state index is 6.01. The Labute approximate surface area is 106 Å². The summed E-state index contributed by atoms with van der Waals surface area (Å²) in [5.41, 5.74) is 0. The van der Waals surface area contributed by atoms with Gasteiger partial charge in [-0.3, -0.25) is 4.90 Å². The van der Waals surface area contributed by atoms with E-state index in [1.165, 1.54) is 12.8 Å². The van der Waals surface area contributed by atoms with Gasteiger partial charge in [0.05, 0.1) is 12.2 Å². The molecule has 1 fully saturated rings. The predicted molar refractivity (Wildman–Crippen MR) is 73.3 cm³/mol. The Morgan fingerprint density at radius 2 is 1.88 bits per heavy atom. The zero-order valence-electron chi connectivity index (χ0n) is 11.0. The Kier molecular flexibility index (Phi) is 7.17. The van der Waals surface area contributed by atoms with Crippen LogP contribution >= 0.6 is 0 Å². The number of nitrogens with zero attached hydrogens (tertiary/aromatic N) is 1. The fraction of sp³-hybridized carbons (Fsp3) is 0.714. The van der Waals surface area contributed by atoms with Gasteiger partial charge in [0.25, 0.3) is 0 Å². The highest BCUT2D eigenvalue weighted by atomic mass is 16.5. The summed E-state index contributed by atoms with van der Waals surface area (Å²) in [4.78, 5) is 2.32. The molecule has 0 aromatic carbocycles. The lowest BCUT2D eigenvalue weighted by molar-refractivity contribution is 0.0276. The van der Waals surface area contributed by atoms with E-state index >= 15 is 0 Å². The molecule has 3 nitrogen and oxygen atoms in total. The lowest BCUT2D eigenvalue weighted by Crippen LogP contribution is -2.34. The second kappa shape index (κ2) is 8.45. The third kappa shape index (κ3) is 5.48. The molecule has 1 heterocycles. The highest BCUT2D eigenvalue weighted by molar-refractivity contribution is 4.84. The van der Waals surface area contributed by atoms with Crippen LogP contribution in [0.4, 0.5) is 0 Å². The van der Waals surface area contributed by atoms with Gasteiger partial charge in [-0.05, 0) is 19.4 Å². The van der Waals surface area contributed by atoms with Crippen LogP contribution in [0.5, 0.6) is 0 Å². The molecule has 2 atom stereocenters. The van der Waals surface area contributed by atoms with Crippen molar-refractivity contribution in [1.82, 2.24) is 10.2 Å². The van der Waals surface area contributed by atoms with Crippen LogP contribution in [0.2, 0.25) is 0 Å². The van der Waals surface area contributed by atoms with E-state index in [1.807, 2.05) is 12.2 Å². The van der Waals surface area contributed by atoms with E-state index in [1.54, 1.807) is 0 Å². The van der Waals surface area contributed by atoms with Crippen molar-refractivity contribution in [3.8, 4) is 0 Å². The van der Waals surface area contributed by atoms with Crippen molar-refractivity contribution in [3.63, 3.8) is 0 Å². The molecule has 2 unspecified atom stereocenters. The van der Waals surface area contributed by atoms with Crippen molar-refractivity contribution >= 4 is 0 Å². The van der Waals surface area contributed by atoms with Crippen LogP contribution in [-0.4, -0.2) is 49.8 Å². The first kappa shape index (κ1) is 14.4. The smallest absolute Gasteiger partial charge is 0.0707 e. The molecule has 0 saturated carbocycles. The molecule has 1 rings (SSSR count). The van der Waals surface area contributed by atoms with Crippen LogP contribution in [0.15, 0.2) is 25.3 Å². The minimum absolute atomic E-state index is 0.374. The first-order valence-electron chi connectivity index (χ1n) is 6.60. The Bertz CT molecular complexity index is 220. The molecule has 3 heteroatoms. The van der Waals surface area contributed by atoms with Gasteiger partial charge in [0, 0.05) is 26.2 Å². The number of hydrogen-bond donors (Lipinski definition) is 1. The van der Waals surface area contributed by atoms with Gasteiger partial charge in [0.1, 0.15) is 0 Å². The number of rotatable bonds is 9. The maximum atomic E-state index is 6.01. The molecular weight excluding hydrogens is 212 g/mol.